The van der Waals surface area contributed by atoms with Crippen molar-refractivity contribution in [2.75, 3.05) is 17.7 Å². The Bertz CT molecular complexity index is 1390. The number of anilines is 1. The number of carbonyl (C=O) groups is 1. The molecule has 0 radical (unpaired) electrons. The summed E-state index contributed by atoms with van der Waals surface area (Å²) in [5.74, 6) is 2.38. The third kappa shape index (κ3) is 7.02. The molecular formula is C30H38ClN5O2S2. The highest BCUT2D eigenvalue weighted by Gasteiger charge is 2.34. The van der Waals surface area contributed by atoms with E-state index in [2.05, 4.69) is 42.4 Å². The van der Waals surface area contributed by atoms with Crippen LogP contribution in [0.2, 0.25) is 5.02 Å². The number of nitrogens with one attached hydrogen (secondary N) is 1. The van der Waals surface area contributed by atoms with Crippen molar-refractivity contribution in [1.29, 1.82) is 5.26 Å². The summed E-state index contributed by atoms with van der Waals surface area (Å²) in [5, 5.41) is 23.7. The molecule has 1 unspecified atom stereocenters. The standard InChI is InChI=1S/C30H38ClN5O2S2/c1-6-30(4,5)20-10-12-22-23(17-32)28(40-25(22)16-20)33-27(37)18-39-29-35-34-26(36(29)7-2)9-8-14-38-24-13-11-21(31)15-19(24)3/h11,13,15,20H,6-10,12,14,16,18H2,1-5H3,(H,33,37). The minimum atomic E-state index is -0.135. The number of nitrogens with zero attached hydrogens (tertiary/aromatic N) is 4. The van der Waals surface area contributed by atoms with Crippen LogP contribution < -0.4 is 10.1 Å². The number of rotatable bonds is 12. The number of benzene rings is 1. The number of hydrogen-bond acceptors (Lipinski definition) is 7. The number of hydrogen-bond donors (Lipinski definition) is 1. The normalized spacial score (nSPS) is 15.0. The van der Waals surface area contributed by atoms with Crippen LogP contribution >= 0.6 is 34.7 Å². The van der Waals surface area contributed by atoms with Gasteiger partial charge >= 0.3 is 0 Å². The second kappa shape index (κ2) is 13.4. The van der Waals surface area contributed by atoms with E-state index in [4.69, 9.17) is 16.3 Å². The molecule has 10 heteroatoms. The van der Waals surface area contributed by atoms with E-state index < -0.39 is 0 Å². The van der Waals surface area contributed by atoms with Crippen molar-refractivity contribution in [3.63, 3.8) is 0 Å². The van der Waals surface area contributed by atoms with E-state index in [1.54, 1.807) is 11.3 Å². The van der Waals surface area contributed by atoms with Crippen molar-refractivity contribution in [3.05, 3.63) is 50.6 Å². The van der Waals surface area contributed by atoms with Gasteiger partial charge in [-0.1, -0.05) is 50.6 Å². The van der Waals surface area contributed by atoms with E-state index in [9.17, 15) is 10.1 Å². The van der Waals surface area contributed by atoms with Crippen molar-refractivity contribution in [1.82, 2.24) is 14.8 Å². The molecule has 1 amide bonds. The Balaban J connectivity index is 1.31. The van der Waals surface area contributed by atoms with E-state index in [0.29, 0.717) is 28.1 Å². The number of amides is 1. The van der Waals surface area contributed by atoms with Crippen LogP contribution in [-0.2, 0) is 30.6 Å². The number of thioether (sulfide) groups is 1. The van der Waals surface area contributed by atoms with E-state index in [-0.39, 0.29) is 17.1 Å². The van der Waals surface area contributed by atoms with Gasteiger partial charge in [0.15, 0.2) is 5.16 Å². The lowest BCUT2D eigenvalue weighted by Crippen LogP contribution is -2.28. The number of carbonyl (C=O) groups excluding carboxylic acids is 1. The summed E-state index contributed by atoms with van der Waals surface area (Å²) < 4.78 is 7.96. The second-order valence-electron chi connectivity index (χ2n) is 10.9. The molecule has 1 atom stereocenters. The molecule has 2 aromatic heterocycles. The van der Waals surface area contributed by atoms with Crippen LogP contribution in [0.25, 0.3) is 0 Å². The highest BCUT2D eigenvalue weighted by molar-refractivity contribution is 7.99. The molecule has 40 heavy (non-hydrogen) atoms. The SMILES string of the molecule is CCn1c(CCCOc2ccc(Cl)cc2C)nnc1SCC(=O)Nc1sc2c(c1C#N)CCC(C(C)(C)CC)C2. The van der Waals surface area contributed by atoms with Gasteiger partial charge in [0.1, 0.15) is 22.6 Å². The molecule has 1 N–H and O–H groups in total. The van der Waals surface area contributed by atoms with Crippen LogP contribution in [0, 0.1) is 29.6 Å². The fourth-order valence-electron chi connectivity index (χ4n) is 5.16. The maximum atomic E-state index is 12.9. The number of aryl methyl sites for hydroxylation is 2. The number of thiophene rings is 1. The molecule has 2 heterocycles. The average Bonchev–Trinajstić information content (AvgIpc) is 3.49. The van der Waals surface area contributed by atoms with Gasteiger partial charge in [0.2, 0.25) is 5.91 Å². The molecule has 214 valence electrons. The molecule has 1 aromatic carbocycles. The zero-order valence-corrected chi connectivity index (χ0v) is 26.4. The largest absolute Gasteiger partial charge is 0.493 e. The van der Waals surface area contributed by atoms with Gasteiger partial charge < -0.3 is 14.6 Å². The van der Waals surface area contributed by atoms with Gasteiger partial charge in [-0.3, -0.25) is 4.79 Å². The van der Waals surface area contributed by atoms with Gasteiger partial charge in [-0.05, 0) is 80.2 Å². The van der Waals surface area contributed by atoms with Crippen LogP contribution in [0.1, 0.15) is 74.3 Å². The van der Waals surface area contributed by atoms with E-state index in [1.165, 1.54) is 16.6 Å². The minimum Gasteiger partial charge on any atom is -0.493 e. The molecule has 3 aromatic rings. The van der Waals surface area contributed by atoms with Crippen molar-refractivity contribution in [2.24, 2.45) is 11.3 Å². The first-order valence-corrected chi connectivity index (χ1v) is 16.1. The number of aromatic nitrogens is 3. The number of ether oxygens (including phenoxy) is 1. The van der Waals surface area contributed by atoms with Crippen LogP contribution in [0.4, 0.5) is 5.00 Å². The average molecular weight is 600 g/mol. The lowest BCUT2D eigenvalue weighted by Gasteiger charge is -2.36. The fraction of sp³-hybridized carbons (Fsp3) is 0.533. The quantitative estimate of drug-likeness (QED) is 0.171. The van der Waals surface area contributed by atoms with Gasteiger partial charge in [-0.25, -0.2) is 0 Å². The molecule has 1 aliphatic carbocycles. The first-order valence-electron chi connectivity index (χ1n) is 13.9. The Kier molecular flexibility index (Phi) is 10.2. The Hall–Kier alpha value is -2.54. The fourth-order valence-corrected chi connectivity index (χ4v) is 7.50. The molecule has 0 saturated carbocycles. The zero-order valence-electron chi connectivity index (χ0n) is 24.0. The molecular weight excluding hydrogens is 562 g/mol. The lowest BCUT2D eigenvalue weighted by atomic mass is 9.69. The number of halogens is 1. The van der Waals surface area contributed by atoms with Crippen molar-refractivity contribution < 1.29 is 9.53 Å². The number of nitriles is 1. The summed E-state index contributed by atoms with van der Waals surface area (Å²) in [6.45, 7) is 12.2. The first kappa shape index (κ1) is 30.4. The first-order chi connectivity index (χ1) is 19.2. The predicted molar refractivity (Wildman–Crippen MR) is 164 cm³/mol. The summed E-state index contributed by atoms with van der Waals surface area (Å²) in [6, 6.07) is 7.97. The van der Waals surface area contributed by atoms with Gasteiger partial charge in [0.25, 0.3) is 0 Å². The third-order valence-electron chi connectivity index (χ3n) is 8.03. The molecule has 0 bridgehead atoms. The highest BCUT2D eigenvalue weighted by atomic mass is 35.5. The molecule has 7 nitrogen and oxygen atoms in total. The van der Waals surface area contributed by atoms with Crippen LogP contribution in [0.3, 0.4) is 0 Å². The maximum absolute atomic E-state index is 12.9. The lowest BCUT2D eigenvalue weighted by molar-refractivity contribution is -0.113. The monoisotopic (exact) mass is 599 g/mol. The van der Waals surface area contributed by atoms with Gasteiger partial charge in [-0.15, -0.1) is 21.5 Å². The summed E-state index contributed by atoms with van der Waals surface area (Å²) in [4.78, 5) is 14.2. The molecule has 0 aliphatic heterocycles. The van der Waals surface area contributed by atoms with Gasteiger partial charge in [0.05, 0.1) is 17.9 Å². The highest BCUT2D eigenvalue weighted by Crippen LogP contribution is 2.45. The molecule has 0 fully saturated rings. The molecule has 0 saturated heterocycles. The summed E-state index contributed by atoms with van der Waals surface area (Å²) in [6.07, 6.45) is 5.62. The smallest absolute Gasteiger partial charge is 0.235 e. The van der Waals surface area contributed by atoms with E-state index in [1.807, 2.05) is 36.6 Å². The Morgan fingerprint density at radius 3 is 2.85 bits per heavy atom. The molecule has 1 aliphatic rings. The van der Waals surface area contributed by atoms with Crippen molar-refractivity contribution >= 4 is 45.6 Å². The van der Waals surface area contributed by atoms with Crippen molar-refractivity contribution in [2.45, 2.75) is 84.8 Å². The van der Waals surface area contributed by atoms with Crippen LogP contribution in [0.5, 0.6) is 5.75 Å². The van der Waals surface area contributed by atoms with E-state index in [0.717, 1.165) is 72.9 Å². The Morgan fingerprint density at radius 2 is 2.15 bits per heavy atom. The summed E-state index contributed by atoms with van der Waals surface area (Å²) in [5.41, 5.74) is 3.05. The summed E-state index contributed by atoms with van der Waals surface area (Å²) in [7, 11) is 0. The topological polar surface area (TPSA) is 92.8 Å². The van der Waals surface area contributed by atoms with Gasteiger partial charge in [0, 0.05) is 22.9 Å². The van der Waals surface area contributed by atoms with Gasteiger partial charge in [-0.2, -0.15) is 5.26 Å². The van der Waals surface area contributed by atoms with Crippen molar-refractivity contribution in [3.8, 4) is 11.8 Å². The number of fused-ring (bicyclic) bond motifs is 1. The maximum Gasteiger partial charge on any atom is 0.235 e. The Labute approximate surface area is 250 Å². The predicted octanol–water partition coefficient (Wildman–Crippen LogP) is 7.48. The van der Waals surface area contributed by atoms with Crippen LogP contribution in [-0.4, -0.2) is 33.0 Å². The second-order valence-corrected chi connectivity index (χ2v) is 13.4. The minimum absolute atomic E-state index is 0.135. The van der Waals surface area contributed by atoms with Crippen LogP contribution in [0.15, 0.2) is 23.4 Å². The molecule has 0 spiro atoms. The molecule has 4 rings (SSSR count). The third-order valence-corrected chi connectivity index (χ3v) is 10.4. The Morgan fingerprint density at radius 1 is 1.35 bits per heavy atom. The zero-order chi connectivity index (χ0) is 28.9. The summed E-state index contributed by atoms with van der Waals surface area (Å²) >= 11 is 8.97. The van der Waals surface area contributed by atoms with E-state index >= 15 is 0 Å².